The van der Waals surface area contributed by atoms with Crippen LogP contribution in [0.5, 0.6) is 0 Å². The van der Waals surface area contributed by atoms with Crippen LogP contribution in [0.2, 0.25) is 0 Å². The molecule has 0 bridgehead atoms. The quantitative estimate of drug-likeness (QED) is 0.724. The molecule has 2 N–H and O–H groups in total. The molecule has 1 rings (SSSR count). The second kappa shape index (κ2) is 6.44. The number of nitrogens with zero attached hydrogens (tertiary/aromatic N) is 2. The van der Waals surface area contributed by atoms with Crippen LogP contribution in [0.3, 0.4) is 0 Å². The largest absolute Gasteiger partial charge is 0.481 e. The zero-order valence-corrected chi connectivity index (χ0v) is 10.1. The fourth-order valence-corrected chi connectivity index (χ4v) is 1.98. The SMILES string of the molecule is CCN(CCC(=O)O)C(=O)N1CCC(CO)C1. The fourth-order valence-electron chi connectivity index (χ4n) is 1.98. The van der Waals surface area contributed by atoms with Crippen molar-refractivity contribution in [3.05, 3.63) is 0 Å². The Balaban J connectivity index is 2.46. The number of rotatable bonds is 5. The average molecular weight is 244 g/mol. The number of aliphatic hydroxyl groups is 1. The molecule has 0 spiro atoms. The number of carbonyl (C=O) groups is 2. The van der Waals surface area contributed by atoms with E-state index in [2.05, 4.69) is 0 Å². The molecule has 1 aliphatic heterocycles. The molecule has 0 aromatic heterocycles. The molecule has 1 aliphatic rings. The number of aliphatic carboxylic acids is 1. The van der Waals surface area contributed by atoms with Gasteiger partial charge in [0.1, 0.15) is 0 Å². The molecule has 1 saturated heterocycles. The molecule has 2 amide bonds. The van der Waals surface area contributed by atoms with Crippen LogP contribution >= 0.6 is 0 Å². The Hall–Kier alpha value is -1.30. The van der Waals surface area contributed by atoms with Gasteiger partial charge in [0.25, 0.3) is 0 Å². The molecule has 6 nitrogen and oxygen atoms in total. The highest BCUT2D eigenvalue weighted by molar-refractivity contribution is 5.75. The summed E-state index contributed by atoms with van der Waals surface area (Å²) in [5, 5.41) is 17.6. The lowest BCUT2D eigenvalue weighted by Crippen LogP contribution is -2.43. The van der Waals surface area contributed by atoms with Crippen LogP contribution in [-0.2, 0) is 4.79 Å². The van der Waals surface area contributed by atoms with E-state index < -0.39 is 5.97 Å². The van der Waals surface area contributed by atoms with Gasteiger partial charge in [0.15, 0.2) is 0 Å². The van der Waals surface area contributed by atoms with Gasteiger partial charge >= 0.3 is 12.0 Å². The number of amides is 2. The zero-order chi connectivity index (χ0) is 12.8. The van der Waals surface area contributed by atoms with Crippen LogP contribution in [0.25, 0.3) is 0 Å². The first-order chi connectivity index (χ1) is 8.08. The minimum Gasteiger partial charge on any atom is -0.481 e. The highest BCUT2D eigenvalue weighted by Gasteiger charge is 2.28. The van der Waals surface area contributed by atoms with Gasteiger partial charge in [0.2, 0.25) is 0 Å². The molecule has 17 heavy (non-hydrogen) atoms. The van der Waals surface area contributed by atoms with Gasteiger partial charge in [0, 0.05) is 38.7 Å². The first-order valence-corrected chi connectivity index (χ1v) is 5.95. The summed E-state index contributed by atoms with van der Waals surface area (Å²) in [6.45, 7) is 3.90. The van der Waals surface area contributed by atoms with E-state index in [9.17, 15) is 9.59 Å². The molecule has 1 fully saturated rings. The Morgan fingerprint density at radius 3 is 2.65 bits per heavy atom. The van der Waals surface area contributed by atoms with Gasteiger partial charge in [-0.3, -0.25) is 4.79 Å². The van der Waals surface area contributed by atoms with Crippen LogP contribution in [0, 0.1) is 5.92 Å². The Morgan fingerprint density at radius 1 is 1.47 bits per heavy atom. The van der Waals surface area contributed by atoms with Gasteiger partial charge < -0.3 is 20.0 Å². The van der Waals surface area contributed by atoms with E-state index in [4.69, 9.17) is 10.2 Å². The lowest BCUT2D eigenvalue weighted by molar-refractivity contribution is -0.137. The van der Waals surface area contributed by atoms with Crippen LogP contribution in [-0.4, -0.2) is 64.8 Å². The third-order valence-electron chi connectivity index (χ3n) is 3.06. The first kappa shape index (κ1) is 13.8. The maximum Gasteiger partial charge on any atom is 0.320 e. The monoisotopic (exact) mass is 244 g/mol. The molecule has 1 heterocycles. The second-order valence-corrected chi connectivity index (χ2v) is 4.29. The van der Waals surface area contributed by atoms with Crippen molar-refractivity contribution >= 4 is 12.0 Å². The predicted octanol–water partition coefficient (Wildman–Crippen LogP) is 0.217. The van der Waals surface area contributed by atoms with Crippen LogP contribution in [0.15, 0.2) is 0 Å². The number of hydrogen-bond donors (Lipinski definition) is 2. The summed E-state index contributed by atoms with van der Waals surface area (Å²) in [5.41, 5.74) is 0. The van der Waals surface area contributed by atoms with Crippen molar-refractivity contribution in [3.63, 3.8) is 0 Å². The highest BCUT2D eigenvalue weighted by atomic mass is 16.4. The van der Waals surface area contributed by atoms with Gasteiger partial charge in [-0.05, 0) is 13.3 Å². The maximum atomic E-state index is 12.0. The standard InChI is InChI=1S/C11H20N2O4/c1-2-12(6-4-10(15)16)11(17)13-5-3-9(7-13)8-14/h9,14H,2-8H2,1H3,(H,15,16). The van der Waals surface area contributed by atoms with Gasteiger partial charge in [-0.15, -0.1) is 0 Å². The van der Waals surface area contributed by atoms with Crippen molar-refractivity contribution < 1.29 is 19.8 Å². The van der Waals surface area contributed by atoms with E-state index in [0.717, 1.165) is 6.42 Å². The summed E-state index contributed by atoms with van der Waals surface area (Å²) >= 11 is 0. The van der Waals surface area contributed by atoms with Gasteiger partial charge in [-0.1, -0.05) is 0 Å². The van der Waals surface area contributed by atoms with Crippen LogP contribution in [0.4, 0.5) is 4.79 Å². The normalized spacial score (nSPS) is 19.4. The molecule has 0 aliphatic carbocycles. The summed E-state index contributed by atoms with van der Waals surface area (Å²) in [4.78, 5) is 25.7. The Bertz CT molecular complexity index is 283. The molecule has 0 aromatic carbocycles. The molecule has 0 saturated carbocycles. The second-order valence-electron chi connectivity index (χ2n) is 4.29. The minimum absolute atomic E-state index is 0.0309. The lowest BCUT2D eigenvalue weighted by atomic mass is 10.1. The highest BCUT2D eigenvalue weighted by Crippen LogP contribution is 2.17. The fraction of sp³-hybridized carbons (Fsp3) is 0.818. The number of carboxylic acid groups (broad SMARTS) is 1. The Labute approximate surface area is 101 Å². The van der Waals surface area contributed by atoms with E-state index in [-0.39, 0.29) is 31.5 Å². The lowest BCUT2D eigenvalue weighted by Gasteiger charge is -2.26. The third kappa shape index (κ3) is 3.89. The number of likely N-dealkylation sites (tertiary alicyclic amines) is 1. The van der Waals surface area contributed by atoms with Crippen molar-refractivity contribution in [3.8, 4) is 0 Å². The Kier molecular flexibility index (Phi) is 5.21. The van der Waals surface area contributed by atoms with Crippen molar-refractivity contribution in [2.24, 2.45) is 5.92 Å². The molecule has 0 aromatic rings. The minimum atomic E-state index is -0.897. The molecule has 1 unspecified atom stereocenters. The van der Waals surface area contributed by atoms with E-state index >= 15 is 0 Å². The van der Waals surface area contributed by atoms with E-state index in [0.29, 0.717) is 19.6 Å². The molecule has 6 heteroatoms. The van der Waals surface area contributed by atoms with Crippen molar-refractivity contribution in [2.45, 2.75) is 19.8 Å². The molecule has 98 valence electrons. The smallest absolute Gasteiger partial charge is 0.320 e. The van der Waals surface area contributed by atoms with E-state index in [1.165, 1.54) is 4.90 Å². The number of aliphatic hydroxyl groups excluding tert-OH is 1. The molecule has 0 radical (unpaired) electrons. The number of urea groups is 1. The van der Waals surface area contributed by atoms with Crippen molar-refractivity contribution in [1.29, 1.82) is 0 Å². The van der Waals surface area contributed by atoms with Gasteiger partial charge in [-0.2, -0.15) is 0 Å². The Morgan fingerprint density at radius 2 is 2.18 bits per heavy atom. The number of hydrogen-bond acceptors (Lipinski definition) is 3. The van der Waals surface area contributed by atoms with E-state index in [1.54, 1.807) is 4.90 Å². The van der Waals surface area contributed by atoms with Gasteiger partial charge in [-0.25, -0.2) is 4.79 Å². The maximum absolute atomic E-state index is 12.0. The topological polar surface area (TPSA) is 81.1 Å². The third-order valence-corrected chi connectivity index (χ3v) is 3.06. The van der Waals surface area contributed by atoms with Crippen molar-refractivity contribution in [2.75, 3.05) is 32.8 Å². The molecular weight excluding hydrogens is 224 g/mol. The zero-order valence-electron chi connectivity index (χ0n) is 10.1. The molecular formula is C11H20N2O4. The summed E-state index contributed by atoms with van der Waals surface area (Å²) in [6.07, 6.45) is 0.787. The van der Waals surface area contributed by atoms with Crippen molar-refractivity contribution in [1.82, 2.24) is 9.80 Å². The first-order valence-electron chi connectivity index (χ1n) is 5.95. The summed E-state index contributed by atoms with van der Waals surface area (Å²) in [5.74, 6) is -0.733. The van der Waals surface area contributed by atoms with Crippen LogP contribution < -0.4 is 0 Å². The number of carbonyl (C=O) groups excluding carboxylic acids is 1. The number of carboxylic acids is 1. The summed E-state index contributed by atoms with van der Waals surface area (Å²) in [7, 11) is 0. The van der Waals surface area contributed by atoms with E-state index in [1.807, 2.05) is 6.92 Å². The van der Waals surface area contributed by atoms with Gasteiger partial charge in [0.05, 0.1) is 6.42 Å². The molecule has 1 atom stereocenters. The summed E-state index contributed by atoms with van der Waals surface area (Å²) < 4.78 is 0. The predicted molar refractivity (Wildman–Crippen MR) is 61.7 cm³/mol. The summed E-state index contributed by atoms with van der Waals surface area (Å²) in [6, 6.07) is -0.121. The average Bonchev–Trinajstić information content (AvgIpc) is 2.77. The van der Waals surface area contributed by atoms with Crippen LogP contribution in [0.1, 0.15) is 19.8 Å².